The first kappa shape index (κ1) is 34.1. The molecule has 0 spiro atoms. The number of ether oxygens (including phenoxy) is 3. The van der Waals surface area contributed by atoms with Gasteiger partial charge >= 0.3 is 6.09 Å². The van der Waals surface area contributed by atoms with Crippen LogP contribution < -0.4 is 20.1 Å². The first-order chi connectivity index (χ1) is 22.4. The third kappa shape index (κ3) is 8.55. The summed E-state index contributed by atoms with van der Waals surface area (Å²) in [6.07, 6.45) is 3.28. The molecule has 0 unspecified atom stereocenters. The number of halogens is 1. The van der Waals surface area contributed by atoms with E-state index in [1.54, 1.807) is 43.5 Å². The number of carbonyl (C=O) groups excluding carboxylic acids is 3. The van der Waals surface area contributed by atoms with Crippen LogP contribution >= 0.6 is 22.9 Å². The molecule has 1 aliphatic heterocycles. The number of rotatable bonds is 11. The molecule has 2 aromatic carbocycles. The Balaban J connectivity index is 1.25. The Hall–Kier alpha value is -4.29. The smallest absolute Gasteiger partial charge is 0.410 e. The van der Waals surface area contributed by atoms with Crippen LogP contribution in [-0.2, 0) is 16.0 Å². The van der Waals surface area contributed by atoms with E-state index in [2.05, 4.69) is 15.6 Å². The fraction of sp³-hybridized carbons (Fsp3) is 0.412. The lowest BCUT2D eigenvalue weighted by atomic mass is 9.97. The number of thiazole rings is 1. The SMILES string of the molecule is COc1ccc(Cc2nc(NCC(=O)NCC3CCN(C(=O)OC(C)(C)C)CC3)sc2C(=O)c2ccc3c(Cl)c[nH]c3c2)c(OC)c1. The number of nitrogens with zero attached hydrogens (tertiary/aromatic N) is 2. The van der Waals surface area contributed by atoms with Crippen molar-refractivity contribution in [2.75, 3.05) is 45.7 Å². The zero-order valence-electron chi connectivity index (χ0n) is 27.2. The van der Waals surface area contributed by atoms with Crippen molar-refractivity contribution >= 4 is 56.8 Å². The number of anilines is 1. The van der Waals surface area contributed by atoms with Crippen molar-refractivity contribution in [2.24, 2.45) is 5.92 Å². The van der Waals surface area contributed by atoms with Crippen molar-refractivity contribution in [2.45, 2.75) is 45.6 Å². The van der Waals surface area contributed by atoms with Crippen LogP contribution in [0.3, 0.4) is 0 Å². The minimum absolute atomic E-state index is 0.00384. The molecule has 1 aliphatic rings. The first-order valence-corrected chi connectivity index (χ1v) is 16.6. The summed E-state index contributed by atoms with van der Waals surface area (Å²) in [6, 6.07) is 10.9. The maximum Gasteiger partial charge on any atom is 0.410 e. The molecular formula is C34H40ClN5O6S. The third-order valence-electron chi connectivity index (χ3n) is 7.90. The first-order valence-electron chi connectivity index (χ1n) is 15.4. The molecule has 0 saturated carbocycles. The quantitative estimate of drug-likeness (QED) is 0.157. The molecule has 0 atom stereocenters. The van der Waals surface area contributed by atoms with Crippen LogP contribution in [0, 0.1) is 5.92 Å². The zero-order chi connectivity index (χ0) is 33.7. The lowest BCUT2D eigenvalue weighted by molar-refractivity contribution is -0.119. The van der Waals surface area contributed by atoms with Crippen LogP contribution in [0.5, 0.6) is 11.5 Å². The Morgan fingerprint density at radius 1 is 1.09 bits per heavy atom. The summed E-state index contributed by atoms with van der Waals surface area (Å²) >= 11 is 7.45. The highest BCUT2D eigenvalue weighted by molar-refractivity contribution is 7.17. The molecule has 0 aliphatic carbocycles. The van der Waals surface area contributed by atoms with E-state index in [1.165, 1.54) is 11.3 Å². The summed E-state index contributed by atoms with van der Waals surface area (Å²) < 4.78 is 16.4. The van der Waals surface area contributed by atoms with E-state index in [4.69, 9.17) is 30.8 Å². The van der Waals surface area contributed by atoms with E-state index in [0.29, 0.717) is 63.8 Å². The summed E-state index contributed by atoms with van der Waals surface area (Å²) in [6.45, 7) is 7.25. The van der Waals surface area contributed by atoms with Gasteiger partial charge in [-0.3, -0.25) is 9.59 Å². The number of nitrogens with one attached hydrogen (secondary N) is 3. The van der Waals surface area contributed by atoms with Gasteiger partial charge in [-0.1, -0.05) is 41.1 Å². The maximum absolute atomic E-state index is 13.9. The van der Waals surface area contributed by atoms with E-state index in [-0.39, 0.29) is 30.2 Å². The lowest BCUT2D eigenvalue weighted by Gasteiger charge is -2.33. The standard InChI is InChI=1S/C34H40ClN5O6S/c1-34(2,3)46-33(43)40-12-10-20(11-13-40)17-37-29(41)19-38-32-39-27(14-21-6-8-23(44-4)16-28(21)45-5)31(47-32)30(42)22-7-9-24-25(35)18-36-26(24)15-22/h6-9,15-16,18,20,36H,10-14,17,19H2,1-5H3,(H,37,41)(H,38,39). The Morgan fingerprint density at radius 2 is 1.85 bits per heavy atom. The fourth-order valence-corrected chi connectivity index (χ4v) is 6.55. The summed E-state index contributed by atoms with van der Waals surface area (Å²) in [5.41, 5.74) is 2.11. The second kappa shape index (κ2) is 14.6. The summed E-state index contributed by atoms with van der Waals surface area (Å²) in [5.74, 6) is 1.16. The maximum atomic E-state index is 13.9. The van der Waals surface area contributed by atoms with Crippen LogP contribution in [0.2, 0.25) is 5.02 Å². The van der Waals surface area contributed by atoms with Crippen LogP contribution in [0.4, 0.5) is 9.93 Å². The summed E-state index contributed by atoms with van der Waals surface area (Å²) in [5, 5.41) is 7.97. The number of H-pyrrole nitrogens is 1. The van der Waals surface area contributed by atoms with Gasteiger partial charge in [-0.25, -0.2) is 9.78 Å². The van der Waals surface area contributed by atoms with E-state index in [9.17, 15) is 14.4 Å². The number of methoxy groups -OCH3 is 2. The van der Waals surface area contributed by atoms with Crippen molar-refractivity contribution in [3.05, 3.63) is 69.3 Å². The molecular weight excluding hydrogens is 642 g/mol. The van der Waals surface area contributed by atoms with E-state index in [0.717, 1.165) is 29.3 Å². The van der Waals surface area contributed by atoms with Crippen LogP contribution in [0.15, 0.2) is 42.6 Å². The Morgan fingerprint density at radius 3 is 2.55 bits per heavy atom. The van der Waals surface area contributed by atoms with E-state index in [1.807, 2.05) is 39.0 Å². The normalized spacial score (nSPS) is 13.8. The van der Waals surface area contributed by atoms with Gasteiger partial charge in [0.05, 0.1) is 31.5 Å². The second-order valence-corrected chi connectivity index (χ2v) is 13.9. The Kier molecular flexibility index (Phi) is 10.6. The average molecular weight is 682 g/mol. The number of fused-ring (bicyclic) bond motifs is 1. The molecule has 11 nitrogen and oxygen atoms in total. The monoisotopic (exact) mass is 681 g/mol. The van der Waals surface area contributed by atoms with Crippen molar-refractivity contribution in [1.82, 2.24) is 20.2 Å². The number of benzene rings is 2. The van der Waals surface area contributed by atoms with Gasteiger partial charge < -0.3 is 34.7 Å². The average Bonchev–Trinajstić information content (AvgIpc) is 3.64. The van der Waals surface area contributed by atoms with Crippen molar-refractivity contribution in [3.8, 4) is 11.5 Å². The fourth-order valence-electron chi connectivity index (χ4n) is 5.39. The van der Waals surface area contributed by atoms with E-state index < -0.39 is 5.60 Å². The Bertz CT molecular complexity index is 1760. The van der Waals surface area contributed by atoms with Gasteiger partial charge in [0.25, 0.3) is 0 Å². The number of carbonyl (C=O) groups is 3. The van der Waals surface area contributed by atoms with Crippen LogP contribution in [0.25, 0.3) is 10.9 Å². The highest BCUT2D eigenvalue weighted by Gasteiger charge is 2.27. The van der Waals surface area contributed by atoms with Crippen LogP contribution in [-0.4, -0.2) is 78.7 Å². The molecule has 3 N–H and O–H groups in total. The van der Waals surface area contributed by atoms with Gasteiger partial charge in [-0.2, -0.15) is 0 Å². The van der Waals surface area contributed by atoms with Gasteiger partial charge in [0.15, 0.2) is 5.13 Å². The summed E-state index contributed by atoms with van der Waals surface area (Å²) in [4.78, 5) is 49.0. The molecule has 1 fully saturated rings. The topological polar surface area (TPSA) is 135 Å². The molecule has 2 aromatic heterocycles. The molecule has 47 heavy (non-hydrogen) atoms. The van der Waals surface area contributed by atoms with Crippen molar-refractivity contribution < 1.29 is 28.6 Å². The molecule has 3 heterocycles. The number of aromatic amines is 1. The highest BCUT2D eigenvalue weighted by atomic mass is 35.5. The number of likely N-dealkylation sites (tertiary alicyclic amines) is 1. The molecule has 250 valence electrons. The number of amides is 2. The van der Waals surface area contributed by atoms with Gasteiger partial charge in [-0.05, 0) is 51.7 Å². The highest BCUT2D eigenvalue weighted by Crippen LogP contribution is 2.33. The largest absolute Gasteiger partial charge is 0.497 e. The molecule has 4 aromatic rings. The zero-order valence-corrected chi connectivity index (χ0v) is 28.8. The molecule has 0 bridgehead atoms. The molecule has 0 radical (unpaired) electrons. The van der Waals surface area contributed by atoms with Crippen LogP contribution in [0.1, 0.15) is 60.1 Å². The number of aromatic nitrogens is 2. The van der Waals surface area contributed by atoms with E-state index >= 15 is 0 Å². The Labute approximate surface area is 282 Å². The predicted octanol–water partition coefficient (Wildman–Crippen LogP) is 6.29. The van der Waals surface area contributed by atoms with Gasteiger partial charge in [0.2, 0.25) is 11.7 Å². The predicted molar refractivity (Wildman–Crippen MR) is 183 cm³/mol. The minimum atomic E-state index is -0.533. The number of ketones is 1. The van der Waals surface area contributed by atoms with Crippen molar-refractivity contribution in [1.29, 1.82) is 0 Å². The van der Waals surface area contributed by atoms with Crippen molar-refractivity contribution in [3.63, 3.8) is 0 Å². The summed E-state index contributed by atoms with van der Waals surface area (Å²) in [7, 11) is 3.17. The lowest BCUT2D eigenvalue weighted by Crippen LogP contribution is -2.44. The molecule has 5 rings (SSSR count). The van der Waals surface area contributed by atoms with Gasteiger partial charge in [0, 0.05) is 60.3 Å². The number of piperidine rings is 1. The number of hydrogen-bond acceptors (Lipinski definition) is 9. The molecule has 2 amide bonds. The minimum Gasteiger partial charge on any atom is -0.497 e. The molecule has 1 saturated heterocycles. The molecule has 13 heteroatoms. The number of hydrogen-bond donors (Lipinski definition) is 3. The van der Waals surface area contributed by atoms with Gasteiger partial charge in [-0.15, -0.1) is 0 Å². The third-order valence-corrected chi connectivity index (χ3v) is 9.27. The second-order valence-electron chi connectivity index (χ2n) is 12.4. The van der Waals surface area contributed by atoms with Gasteiger partial charge in [0.1, 0.15) is 22.0 Å².